The molecule has 0 saturated heterocycles. The SMILES string of the molecule is Oc1ccccc1OCc1csc2cc(Cl)ccc12. The number of thiophene rings is 1. The summed E-state index contributed by atoms with van der Waals surface area (Å²) in [6.07, 6.45) is 0. The minimum Gasteiger partial charge on any atom is -0.504 e. The van der Waals surface area contributed by atoms with Gasteiger partial charge in [-0.05, 0) is 35.0 Å². The zero-order valence-electron chi connectivity index (χ0n) is 9.97. The number of rotatable bonds is 3. The van der Waals surface area contributed by atoms with Crippen LogP contribution in [0.4, 0.5) is 0 Å². The summed E-state index contributed by atoms with van der Waals surface area (Å²) < 4.78 is 6.79. The van der Waals surface area contributed by atoms with Gasteiger partial charge in [0.25, 0.3) is 0 Å². The molecule has 0 radical (unpaired) electrons. The standard InChI is InChI=1S/C15H11ClO2S/c16-11-5-6-12-10(9-19-15(12)7-11)8-18-14-4-2-1-3-13(14)17/h1-7,9,17H,8H2. The number of phenolic OH excluding ortho intramolecular Hbond substituents is 1. The molecule has 3 aromatic rings. The molecule has 0 amide bonds. The largest absolute Gasteiger partial charge is 0.504 e. The predicted molar refractivity (Wildman–Crippen MR) is 79.3 cm³/mol. The summed E-state index contributed by atoms with van der Waals surface area (Å²) in [5.41, 5.74) is 1.10. The van der Waals surface area contributed by atoms with Gasteiger partial charge in [-0.3, -0.25) is 0 Å². The average molecular weight is 291 g/mol. The number of ether oxygens (including phenoxy) is 1. The van der Waals surface area contributed by atoms with Crippen LogP contribution in [-0.4, -0.2) is 5.11 Å². The fourth-order valence-electron chi connectivity index (χ4n) is 1.90. The van der Waals surface area contributed by atoms with Gasteiger partial charge in [-0.1, -0.05) is 29.8 Å². The summed E-state index contributed by atoms with van der Waals surface area (Å²) in [5.74, 6) is 0.654. The third-order valence-corrected chi connectivity index (χ3v) is 4.10. The molecule has 1 heterocycles. The van der Waals surface area contributed by atoms with Crippen LogP contribution in [0.2, 0.25) is 5.02 Å². The van der Waals surface area contributed by atoms with Crippen molar-refractivity contribution in [1.82, 2.24) is 0 Å². The molecule has 0 bridgehead atoms. The second-order valence-electron chi connectivity index (χ2n) is 4.16. The van der Waals surface area contributed by atoms with Gasteiger partial charge in [0.05, 0.1) is 0 Å². The van der Waals surface area contributed by atoms with Crippen molar-refractivity contribution in [2.24, 2.45) is 0 Å². The highest BCUT2D eigenvalue weighted by Crippen LogP contribution is 2.31. The summed E-state index contributed by atoms with van der Waals surface area (Å²) in [6.45, 7) is 0.430. The lowest BCUT2D eigenvalue weighted by Gasteiger charge is -2.07. The first-order valence-electron chi connectivity index (χ1n) is 5.80. The number of benzene rings is 2. The first kappa shape index (κ1) is 12.3. The first-order valence-corrected chi connectivity index (χ1v) is 7.06. The third kappa shape index (κ3) is 2.53. The third-order valence-electron chi connectivity index (χ3n) is 2.87. The summed E-state index contributed by atoms with van der Waals surface area (Å²) in [6, 6.07) is 12.8. The molecule has 0 aliphatic heterocycles. The van der Waals surface area contributed by atoms with E-state index in [4.69, 9.17) is 16.3 Å². The van der Waals surface area contributed by atoms with Crippen LogP contribution in [0.15, 0.2) is 47.8 Å². The summed E-state index contributed by atoms with van der Waals surface area (Å²) in [5, 5.41) is 13.6. The monoisotopic (exact) mass is 290 g/mol. The molecule has 0 aliphatic carbocycles. The van der Waals surface area contributed by atoms with Crippen LogP contribution in [-0.2, 0) is 6.61 Å². The second kappa shape index (κ2) is 5.11. The first-order chi connectivity index (χ1) is 9.24. The summed E-state index contributed by atoms with van der Waals surface area (Å²) in [7, 11) is 0. The molecule has 0 fully saturated rings. The number of fused-ring (bicyclic) bond motifs is 1. The molecule has 4 heteroatoms. The van der Waals surface area contributed by atoms with Gasteiger partial charge in [-0.25, -0.2) is 0 Å². The summed E-state index contributed by atoms with van der Waals surface area (Å²) in [4.78, 5) is 0. The minimum atomic E-state index is 0.157. The van der Waals surface area contributed by atoms with Crippen LogP contribution in [0.1, 0.15) is 5.56 Å². The number of aromatic hydroxyl groups is 1. The van der Waals surface area contributed by atoms with Gasteiger partial charge in [-0.2, -0.15) is 0 Å². The molecular formula is C15H11ClO2S. The molecule has 2 aromatic carbocycles. The molecule has 0 saturated carbocycles. The van der Waals surface area contributed by atoms with Crippen LogP contribution in [0.5, 0.6) is 11.5 Å². The quantitative estimate of drug-likeness (QED) is 0.748. The highest BCUT2D eigenvalue weighted by atomic mass is 35.5. The van der Waals surface area contributed by atoms with Crippen LogP contribution in [0, 0.1) is 0 Å². The minimum absolute atomic E-state index is 0.157. The van der Waals surface area contributed by atoms with E-state index in [0.29, 0.717) is 12.4 Å². The van der Waals surface area contributed by atoms with Gasteiger partial charge in [0.2, 0.25) is 0 Å². The molecule has 19 heavy (non-hydrogen) atoms. The van der Waals surface area contributed by atoms with E-state index in [9.17, 15) is 5.11 Å². The molecule has 3 rings (SSSR count). The molecular weight excluding hydrogens is 280 g/mol. The van der Waals surface area contributed by atoms with E-state index in [-0.39, 0.29) is 5.75 Å². The molecule has 0 atom stereocenters. The van der Waals surface area contributed by atoms with Crippen molar-refractivity contribution in [1.29, 1.82) is 0 Å². The van der Waals surface area contributed by atoms with E-state index in [1.165, 1.54) is 0 Å². The maximum absolute atomic E-state index is 9.65. The Morgan fingerprint density at radius 1 is 1.16 bits per heavy atom. The van der Waals surface area contributed by atoms with Crippen molar-refractivity contribution in [3.8, 4) is 11.5 Å². The predicted octanol–water partition coefficient (Wildman–Crippen LogP) is 4.84. The Morgan fingerprint density at radius 2 is 2.00 bits per heavy atom. The van der Waals surface area contributed by atoms with E-state index in [1.54, 1.807) is 29.5 Å². The van der Waals surface area contributed by atoms with Crippen LogP contribution >= 0.6 is 22.9 Å². The molecule has 0 aliphatic rings. The van der Waals surface area contributed by atoms with Crippen LogP contribution in [0.25, 0.3) is 10.1 Å². The van der Waals surface area contributed by atoms with Crippen LogP contribution in [0.3, 0.4) is 0 Å². The topological polar surface area (TPSA) is 29.5 Å². The number of para-hydroxylation sites is 2. The molecule has 96 valence electrons. The normalized spacial score (nSPS) is 10.8. The highest BCUT2D eigenvalue weighted by Gasteiger charge is 2.07. The Morgan fingerprint density at radius 3 is 2.84 bits per heavy atom. The van der Waals surface area contributed by atoms with Gasteiger partial charge in [0.15, 0.2) is 11.5 Å². The van der Waals surface area contributed by atoms with E-state index in [0.717, 1.165) is 20.7 Å². The zero-order chi connectivity index (χ0) is 13.2. The Kier molecular flexibility index (Phi) is 3.32. The van der Waals surface area contributed by atoms with Gasteiger partial charge in [0.1, 0.15) is 6.61 Å². The van der Waals surface area contributed by atoms with Crippen molar-refractivity contribution in [3.05, 3.63) is 58.4 Å². The highest BCUT2D eigenvalue weighted by molar-refractivity contribution is 7.17. The van der Waals surface area contributed by atoms with Crippen molar-refractivity contribution in [2.45, 2.75) is 6.61 Å². The average Bonchev–Trinajstić information content (AvgIpc) is 2.80. The van der Waals surface area contributed by atoms with Crippen molar-refractivity contribution in [2.75, 3.05) is 0 Å². The smallest absolute Gasteiger partial charge is 0.161 e. The number of phenols is 1. The zero-order valence-corrected chi connectivity index (χ0v) is 11.5. The van der Waals surface area contributed by atoms with Gasteiger partial charge >= 0.3 is 0 Å². The second-order valence-corrected chi connectivity index (χ2v) is 5.51. The molecule has 1 N–H and O–H groups in total. The Hall–Kier alpha value is -1.71. The van der Waals surface area contributed by atoms with Crippen molar-refractivity contribution < 1.29 is 9.84 Å². The molecule has 1 aromatic heterocycles. The van der Waals surface area contributed by atoms with E-state index < -0.39 is 0 Å². The van der Waals surface area contributed by atoms with E-state index >= 15 is 0 Å². The lowest BCUT2D eigenvalue weighted by atomic mass is 10.2. The maximum Gasteiger partial charge on any atom is 0.161 e. The lowest BCUT2D eigenvalue weighted by Crippen LogP contribution is -1.94. The number of halogens is 1. The Balaban J connectivity index is 1.84. The van der Waals surface area contributed by atoms with Crippen molar-refractivity contribution >= 4 is 33.0 Å². The Bertz CT molecular complexity index is 721. The van der Waals surface area contributed by atoms with E-state index in [1.807, 2.05) is 24.3 Å². The molecule has 2 nitrogen and oxygen atoms in total. The van der Waals surface area contributed by atoms with Gasteiger partial charge in [-0.15, -0.1) is 11.3 Å². The van der Waals surface area contributed by atoms with Gasteiger partial charge < -0.3 is 9.84 Å². The lowest BCUT2D eigenvalue weighted by molar-refractivity contribution is 0.290. The van der Waals surface area contributed by atoms with Crippen LogP contribution < -0.4 is 4.74 Å². The fraction of sp³-hybridized carbons (Fsp3) is 0.0667. The maximum atomic E-state index is 9.65. The fourth-order valence-corrected chi connectivity index (χ4v) is 3.13. The number of hydrogen-bond acceptors (Lipinski definition) is 3. The Labute approximate surface area is 119 Å². The molecule has 0 unspecified atom stereocenters. The molecule has 0 spiro atoms. The summed E-state index contributed by atoms with van der Waals surface area (Å²) >= 11 is 7.60. The number of hydrogen-bond donors (Lipinski definition) is 1. The van der Waals surface area contributed by atoms with E-state index in [2.05, 4.69) is 5.38 Å². The van der Waals surface area contributed by atoms with Gasteiger partial charge in [0, 0.05) is 15.3 Å². The van der Waals surface area contributed by atoms with Crippen molar-refractivity contribution in [3.63, 3.8) is 0 Å².